The van der Waals surface area contributed by atoms with Crippen molar-refractivity contribution in [2.24, 2.45) is 82.7 Å². The molecule has 0 fully saturated rings. The van der Waals surface area contributed by atoms with Gasteiger partial charge in [-0.25, -0.2) is 19.4 Å². The van der Waals surface area contributed by atoms with E-state index in [1.807, 2.05) is 103 Å². The first kappa shape index (κ1) is 81.3. The molecule has 11 atom stereocenters. The van der Waals surface area contributed by atoms with Crippen LogP contribution in [-0.2, 0) is 33.6 Å². The van der Waals surface area contributed by atoms with Crippen molar-refractivity contribution in [1.29, 1.82) is 5.26 Å². The van der Waals surface area contributed by atoms with E-state index in [0.717, 1.165) is 32.0 Å². The molecule has 0 rings (SSSR count). The van der Waals surface area contributed by atoms with Crippen LogP contribution >= 0.6 is 0 Å². The highest BCUT2D eigenvalue weighted by molar-refractivity contribution is 5.77. The normalized spacial score (nSPS) is 15.3. The number of carboxylic acids is 4. The van der Waals surface area contributed by atoms with E-state index in [0.29, 0.717) is 30.6 Å². The number of aldehydes is 1. The minimum Gasteiger partial charge on any atom is -0.481 e. The standard InChI is InChI=1S/C9H19NO2.C8H15NO.2C8H16O3.C7H14O2.C7H14O.C6H13NO3/c1-6-8(7(2)3)9(11)10(4)12-5;1-4-7(6(2)3)8(10)5-9;2*1-4-6(5(2)3)7(9)8(10)11;1-4-6(5(2)3)7(8)9;1-4-7(5-8)6(2)3;1-3(2)4(7)5(8)6(9)10/h7-8H,6H2,1-5H3;6-8,10H,4H2,1-3H3;2*5-7,9H,4H2,1-3H3,(H,10,11);5-6H,4H2,1-3H3,(H,8,9);5-7H,4H2,1-3H3;3-5,8H,7H2,1-2H3,(H,9,10)/t8-;7-,8?;6-,7+;6-,7-;6-;7-;4-,5?/m0000010/s1. The fourth-order valence-corrected chi connectivity index (χ4v) is 7.08. The summed E-state index contributed by atoms with van der Waals surface area (Å²) in [5.74, 6) is -2.12. The van der Waals surface area contributed by atoms with Crippen LogP contribution in [0.1, 0.15) is 177 Å². The number of carbonyl (C=O) groups excluding carboxylic acids is 2. The number of amides is 1. The number of carboxylic acid groups (broad SMARTS) is 4. The van der Waals surface area contributed by atoms with Crippen molar-refractivity contribution in [3.8, 4) is 6.07 Å². The van der Waals surface area contributed by atoms with Crippen LogP contribution in [0.5, 0.6) is 0 Å². The summed E-state index contributed by atoms with van der Waals surface area (Å²) in [5, 5.41) is 79.7. The van der Waals surface area contributed by atoms with Gasteiger partial charge in [-0.2, -0.15) is 5.26 Å². The molecule has 0 aromatic heterocycles. The third-order valence-corrected chi connectivity index (χ3v) is 12.4. The van der Waals surface area contributed by atoms with Gasteiger partial charge in [0.2, 0.25) is 5.91 Å². The number of carbonyl (C=O) groups is 6. The van der Waals surface area contributed by atoms with Gasteiger partial charge >= 0.3 is 23.9 Å². The number of aliphatic hydroxyl groups is 4. The van der Waals surface area contributed by atoms with Gasteiger partial charge in [-0.05, 0) is 78.9 Å². The maximum Gasteiger partial charge on any atom is 0.334 e. The molecule has 0 saturated carbocycles. The van der Waals surface area contributed by atoms with Crippen molar-refractivity contribution in [3.05, 3.63) is 0 Å². The molecule has 0 aromatic rings. The molecular formula is C53H107N3O15. The maximum atomic E-state index is 11.5. The zero-order chi connectivity index (χ0) is 58.2. The Morgan fingerprint density at radius 1 is 0.507 bits per heavy atom. The van der Waals surface area contributed by atoms with Crippen LogP contribution in [0, 0.1) is 88.3 Å². The highest BCUT2D eigenvalue weighted by Gasteiger charge is 2.28. The van der Waals surface area contributed by atoms with Crippen LogP contribution in [0.25, 0.3) is 0 Å². The Hall–Kier alpha value is -3.73. The van der Waals surface area contributed by atoms with Gasteiger partial charge in [0.25, 0.3) is 0 Å². The molecule has 0 spiro atoms. The molecule has 71 heavy (non-hydrogen) atoms. The first-order chi connectivity index (χ1) is 32.4. The predicted molar refractivity (Wildman–Crippen MR) is 281 cm³/mol. The summed E-state index contributed by atoms with van der Waals surface area (Å²) < 4.78 is 0. The van der Waals surface area contributed by atoms with Crippen LogP contribution in [0.3, 0.4) is 0 Å². The van der Waals surface area contributed by atoms with Crippen molar-refractivity contribution < 1.29 is 74.5 Å². The van der Waals surface area contributed by atoms with Crippen molar-refractivity contribution in [2.75, 3.05) is 14.2 Å². The molecule has 0 saturated heterocycles. The van der Waals surface area contributed by atoms with Gasteiger partial charge in [0.1, 0.15) is 12.4 Å². The van der Waals surface area contributed by atoms with E-state index >= 15 is 0 Å². The van der Waals surface area contributed by atoms with Crippen LogP contribution in [0.4, 0.5) is 0 Å². The van der Waals surface area contributed by atoms with Crippen molar-refractivity contribution in [3.63, 3.8) is 0 Å². The number of nitriles is 1. The van der Waals surface area contributed by atoms with Crippen LogP contribution in [0.2, 0.25) is 0 Å². The molecule has 0 aromatic carbocycles. The molecule has 0 aliphatic heterocycles. The minimum absolute atomic E-state index is 0.0221. The Morgan fingerprint density at radius 2 is 0.831 bits per heavy atom. The summed E-state index contributed by atoms with van der Waals surface area (Å²) in [4.78, 5) is 67.7. The number of nitrogens with zero attached hydrogens (tertiary/aromatic N) is 2. The number of aliphatic hydroxyl groups excluding tert-OH is 4. The van der Waals surface area contributed by atoms with Gasteiger partial charge in [0.05, 0.1) is 19.1 Å². The summed E-state index contributed by atoms with van der Waals surface area (Å²) in [5.41, 5.74) is 5.33. The molecule has 2 unspecified atom stereocenters. The number of hydroxylamine groups is 2. The monoisotopic (exact) mass is 1030 g/mol. The Labute approximate surface area is 430 Å². The summed E-state index contributed by atoms with van der Waals surface area (Å²) in [7, 11) is 3.15. The highest BCUT2D eigenvalue weighted by atomic mass is 16.7. The van der Waals surface area contributed by atoms with Gasteiger partial charge in [-0.1, -0.05) is 151 Å². The fraction of sp³-hybridized carbons (Fsp3) is 0.868. The Morgan fingerprint density at radius 3 is 0.915 bits per heavy atom. The number of hydrogen-bond acceptors (Lipinski definition) is 13. The lowest BCUT2D eigenvalue weighted by Crippen LogP contribution is -2.43. The Balaban J connectivity index is -0.000000135. The van der Waals surface area contributed by atoms with Crippen LogP contribution in [-0.4, -0.2) is 127 Å². The van der Waals surface area contributed by atoms with E-state index < -0.39 is 54.3 Å². The molecule has 0 radical (unpaired) electrons. The first-order valence-electron chi connectivity index (χ1n) is 25.5. The molecule has 0 heterocycles. The van der Waals surface area contributed by atoms with Crippen LogP contribution < -0.4 is 5.73 Å². The van der Waals surface area contributed by atoms with Crippen molar-refractivity contribution >= 4 is 36.1 Å². The molecule has 0 bridgehead atoms. The van der Waals surface area contributed by atoms with Gasteiger partial charge in [0.15, 0.2) is 18.3 Å². The van der Waals surface area contributed by atoms with Crippen LogP contribution in [0.15, 0.2) is 0 Å². The van der Waals surface area contributed by atoms with Crippen molar-refractivity contribution in [2.45, 2.75) is 207 Å². The average molecular weight is 1030 g/mol. The SMILES string of the molecule is CC(C)[C@H](N)C(O)C(=O)O.CC[C@@H](C(C)C)C(O)C#N.CC[C@@H](C(C)C)[C@@H](O)C(=O)O.CC[C@@H](C(C)C)[C@H](O)C(=O)O.CC[C@H](C(=O)N(C)OC)C(C)C.CC[C@H](C(=O)O)C(C)C.CC[C@H](C=O)C(C)C. The average Bonchev–Trinajstić information content (AvgIpc) is 3.27. The molecule has 10 N–H and O–H groups in total. The number of hydrogen-bond donors (Lipinski definition) is 9. The Kier molecular flexibility index (Phi) is 54.2. The first-order valence-corrected chi connectivity index (χ1v) is 25.5. The molecule has 0 aliphatic rings. The minimum atomic E-state index is -1.44. The lowest BCUT2D eigenvalue weighted by atomic mass is 9.88. The maximum absolute atomic E-state index is 11.5. The second-order valence-corrected chi connectivity index (χ2v) is 20.0. The quantitative estimate of drug-likeness (QED) is 0.0248. The molecule has 18 nitrogen and oxygen atoms in total. The lowest BCUT2D eigenvalue weighted by Gasteiger charge is -2.23. The number of rotatable bonds is 24. The van der Waals surface area contributed by atoms with Gasteiger partial charge in [-0.3, -0.25) is 14.4 Å². The van der Waals surface area contributed by atoms with Gasteiger partial charge in [0, 0.05) is 30.8 Å². The zero-order valence-electron chi connectivity index (χ0n) is 48.1. The number of aliphatic carboxylic acids is 4. The largest absolute Gasteiger partial charge is 0.481 e. The van der Waals surface area contributed by atoms with E-state index in [1.54, 1.807) is 20.9 Å². The van der Waals surface area contributed by atoms with Gasteiger partial charge in [-0.15, -0.1) is 0 Å². The summed E-state index contributed by atoms with van der Waals surface area (Å²) in [6.45, 7) is 39.1. The second-order valence-electron chi connectivity index (χ2n) is 20.0. The highest BCUT2D eigenvalue weighted by Crippen LogP contribution is 2.21. The predicted octanol–water partition coefficient (Wildman–Crippen LogP) is 8.51. The Bertz CT molecular complexity index is 1370. The molecule has 424 valence electrons. The third kappa shape index (κ3) is 40.4. The molecular weight excluding hydrogens is 919 g/mol. The summed E-state index contributed by atoms with van der Waals surface area (Å²) >= 11 is 0. The molecule has 0 aliphatic carbocycles. The van der Waals surface area contributed by atoms with E-state index in [9.17, 15) is 28.8 Å². The fourth-order valence-electron chi connectivity index (χ4n) is 7.08. The second kappa shape index (κ2) is 47.3. The zero-order valence-corrected chi connectivity index (χ0v) is 48.1. The topological polar surface area (TPSA) is 327 Å². The molecule has 18 heteroatoms. The van der Waals surface area contributed by atoms with E-state index in [-0.39, 0.29) is 65.1 Å². The van der Waals surface area contributed by atoms with E-state index in [4.69, 9.17) is 56.7 Å². The summed E-state index contributed by atoms with van der Waals surface area (Å²) in [6, 6.07) is 1.17. The smallest absolute Gasteiger partial charge is 0.334 e. The lowest BCUT2D eigenvalue weighted by molar-refractivity contribution is -0.175. The molecule has 1 amide bonds. The van der Waals surface area contributed by atoms with E-state index in [1.165, 1.54) is 12.2 Å². The van der Waals surface area contributed by atoms with Crippen molar-refractivity contribution in [1.82, 2.24) is 5.06 Å². The summed E-state index contributed by atoms with van der Waals surface area (Å²) in [6.07, 6.45) is 1.23. The van der Waals surface area contributed by atoms with Gasteiger partial charge < -0.3 is 51.4 Å². The third-order valence-electron chi connectivity index (χ3n) is 12.4. The van der Waals surface area contributed by atoms with E-state index in [2.05, 4.69) is 27.7 Å². The number of nitrogens with two attached hydrogens (primary N) is 1.